The highest BCUT2D eigenvalue weighted by molar-refractivity contribution is 7.99. The molecule has 2 heterocycles. The summed E-state index contributed by atoms with van der Waals surface area (Å²) in [6.07, 6.45) is 0.690. The number of Topliss-reactive ketones (excluding diaryl/α,β-unsaturated/α-hetero) is 1. The zero-order valence-electron chi connectivity index (χ0n) is 15.1. The number of thioether (sulfide) groups is 1. The number of ketones is 1. The van der Waals surface area contributed by atoms with Gasteiger partial charge in [-0.15, -0.1) is 21.5 Å². The molecule has 0 radical (unpaired) electrons. The second kappa shape index (κ2) is 8.93. The van der Waals surface area contributed by atoms with Crippen molar-refractivity contribution in [2.24, 2.45) is 0 Å². The Bertz CT molecular complexity index is 958. The maximum absolute atomic E-state index is 12.5. The summed E-state index contributed by atoms with van der Waals surface area (Å²) in [4.78, 5) is 16.8. The normalized spacial score (nSPS) is 11.9. The third-order valence-electron chi connectivity index (χ3n) is 3.99. The lowest BCUT2D eigenvalue weighted by Gasteiger charge is -2.08. The summed E-state index contributed by atoms with van der Waals surface area (Å²) in [7, 11) is 0. The molecule has 0 aliphatic carbocycles. The van der Waals surface area contributed by atoms with E-state index in [-0.39, 0.29) is 11.5 Å². The lowest BCUT2D eigenvalue weighted by atomic mass is 10.1. The van der Waals surface area contributed by atoms with E-state index in [9.17, 15) is 10.1 Å². The first-order valence-electron chi connectivity index (χ1n) is 8.55. The van der Waals surface area contributed by atoms with Crippen molar-refractivity contribution in [3.8, 4) is 6.07 Å². The Morgan fingerprint density at radius 1 is 1.33 bits per heavy atom. The van der Waals surface area contributed by atoms with Crippen LogP contribution in [0.25, 0.3) is 0 Å². The molecule has 0 N–H and O–H groups in total. The summed E-state index contributed by atoms with van der Waals surface area (Å²) in [5.74, 6) is 0.0523. The summed E-state index contributed by atoms with van der Waals surface area (Å²) in [5.41, 5.74) is 1.99. The Hall–Kier alpha value is -2.50. The number of nitrogens with zero attached hydrogens (tertiary/aromatic N) is 5. The van der Waals surface area contributed by atoms with Crippen LogP contribution in [0, 0.1) is 18.3 Å². The van der Waals surface area contributed by atoms with Crippen LogP contribution in [-0.2, 0) is 17.8 Å². The van der Waals surface area contributed by atoms with Gasteiger partial charge < -0.3 is 4.57 Å². The molecule has 138 valence electrons. The van der Waals surface area contributed by atoms with Gasteiger partial charge in [0.1, 0.15) is 10.8 Å². The van der Waals surface area contributed by atoms with E-state index in [1.54, 1.807) is 0 Å². The van der Waals surface area contributed by atoms with Gasteiger partial charge in [0.15, 0.2) is 16.9 Å². The highest BCUT2D eigenvalue weighted by atomic mass is 32.2. The molecule has 8 heteroatoms. The third-order valence-corrected chi connectivity index (χ3v) is 6.01. The first-order valence-corrected chi connectivity index (χ1v) is 10.4. The number of benzene rings is 1. The van der Waals surface area contributed by atoms with Gasteiger partial charge in [-0.1, -0.05) is 42.1 Å². The molecule has 1 aromatic carbocycles. The van der Waals surface area contributed by atoms with Crippen LogP contribution in [0.15, 0.2) is 40.9 Å². The second-order valence-electron chi connectivity index (χ2n) is 5.95. The summed E-state index contributed by atoms with van der Waals surface area (Å²) in [5, 5.41) is 21.0. The third kappa shape index (κ3) is 4.62. The van der Waals surface area contributed by atoms with Gasteiger partial charge in [0.2, 0.25) is 0 Å². The van der Waals surface area contributed by atoms with Crippen molar-refractivity contribution in [3.05, 3.63) is 57.8 Å². The van der Waals surface area contributed by atoms with Crippen LogP contribution in [0.1, 0.15) is 34.9 Å². The van der Waals surface area contributed by atoms with Crippen LogP contribution in [0.4, 0.5) is 0 Å². The predicted molar refractivity (Wildman–Crippen MR) is 106 cm³/mol. The van der Waals surface area contributed by atoms with Crippen molar-refractivity contribution in [2.45, 2.75) is 37.9 Å². The zero-order chi connectivity index (χ0) is 19.2. The maximum Gasteiger partial charge on any atom is 0.191 e. The summed E-state index contributed by atoms with van der Waals surface area (Å²) in [6.45, 7) is 4.60. The van der Waals surface area contributed by atoms with Crippen LogP contribution in [0.5, 0.6) is 0 Å². The number of carbonyl (C=O) groups excluding carboxylic acids is 1. The molecule has 0 aliphatic rings. The van der Waals surface area contributed by atoms with E-state index < -0.39 is 5.92 Å². The maximum atomic E-state index is 12.5. The molecule has 3 rings (SSSR count). The number of rotatable bonds is 8. The molecule has 0 amide bonds. The fraction of sp³-hybridized carbons (Fsp3) is 0.316. The van der Waals surface area contributed by atoms with Gasteiger partial charge in [-0.05, 0) is 19.4 Å². The molecule has 0 spiro atoms. The largest absolute Gasteiger partial charge is 0.306 e. The van der Waals surface area contributed by atoms with E-state index in [0.29, 0.717) is 16.6 Å². The van der Waals surface area contributed by atoms with Crippen molar-refractivity contribution in [1.82, 2.24) is 19.7 Å². The number of aromatic nitrogens is 4. The van der Waals surface area contributed by atoms with E-state index in [1.807, 2.05) is 42.0 Å². The quantitative estimate of drug-likeness (QED) is 0.540. The molecule has 0 aliphatic heterocycles. The first kappa shape index (κ1) is 19.3. The van der Waals surface area contributed by atoms with E-state index in [4.69, 9.17) is 0 Å². The molecule has 0 saturated heterocycles. The highest BCUT2D eigenvalue weighted by Gasteiger charge is 2.24. The zero-order valence-corrected chi connectivity index (χ0v) is 16.8. The molecular formula is C19H19N5OS2. The Morgan fingerprint density at radius 3 is 2.74 bits per heavy atom. The lowest BCUT2D eigenvalue weighted by Crippen LogP contribution is -2.14. The Kier molecular flexibility index (Phi) is 6.37. The smallest absolute Gasteiger partial charge is 0.191 e. The topological polar surface area (TPSA) is 84.5 Å². The van der Waals surface area contributed by atoms with Gasteiger partial charge in [0, 0.05) is 24.0 Å². The average Bonchev–Trinajstić information content (AvgIpc) is 3.27. The fourth-order valence-electron chi connectivity index (χ4n) is 2.64. The summed E-state index contributed by atoms with van der Waals surface area (Å²) in [6, 6.07) is 12.2. The molecule has 0 unspecified atom stereocenters. The van der Waals surface area contributed by atoms with Gasteiger partial charge in [-0.25, -0.2) is 4.98 Å². The van der Waals surface area contributed by atoms with Crippen molar-refractivity contribution in [2.75, 3.05) is 5.75 Å². The van der Waals surface area contributed by atoms with Crippen molar-refractivity contribution >= 4 is 28.9 Å². The number of hydrogen-bond acceptors (Lipinski definition) is 7. The van der Waals surface area contributed by atoms with Crippen LogP contribution in [-0.4, -0.2) is 31.3 Å². The lowest BCUT2D eigenvalue weighted by molar-refractivity contribution is -0.116. The van der Waals surface area contributed by atoms with Crippen molar-refractivity contribution < 1.29 is 4.79 Å². The van der Waals surface area contributed by atoms with Gasteiger partial charge in [0.05, 0.1) is 11.8 Å². The molecule has 0 fully saturated rings. The number of nitriles is 1. The minimum atomic E-state index is -0.821. The molecule has 27 heavy (non-hydrogen) atoms. The SMILES string of the molecule is CCn1c(Cc2ccccc2)nnc1SCC(=O)[C@H](C#N)c1nc(C)cs1. The van der Waals surface area contributed by atoms with Gasteiger partial charge in [-0.2, -0.15) is 5.26 Å². The molecule has 2 aromatic heterocycles. The molecule has 0 saturated carbocycles. The van der Waals surface area contributed by atoms with E-state index in [2.05, 4.69) is 33.4 Å². The van der Waals surface area contributed by atoms with Gasteiger partial charge >= 0.3 is 0 Å². The summed E-state index contributed by atoms with van der Waals surface area (Å²) >= 11 is 2.67. The van der Waals surface area contributed by atoms with Crippen LogP contribution < -0.4 is 0 Å². The Morgan fingerprint density at radius 2 is 2.11 bits per heavy atom. The van der Waals surface area contributed by atoms with E-state index in [0.717, 1.165) is 23.6 Å². The molecule has 6 nitrogen and oxygen atoms in total. The molecule has 0 bridgehead atoms. The van der Waals surface area contributed by atoms with E-state index in [1.165, 1.54) is 23.1 Å². The second-order valence-corrected chi connectivity index (χ2v) is 7.78. The predicted octanol–water partition coefficient (Wildman–Crippen LogP) is 3.62. The number of carbonyl (C=O) groups is 1. The van der Waals surface area contributed by atoms with Crippen molar-refractivity contribution in [1.29, 1.82) is 5.26 Å². The minimum absolute atomic E-state index is 0.160. The monoisotopic (exact) mass is 397 g/mol. The van der Waals surface area contributed by atoms with Gasteiger partial charge in [-0.3, -0.25) is 4.79 Å². The minimum Gasteiger partial charge on any atom is -0.306 e. The number of hydrogen-bond donors (Lipinski definition) is 0. The average molecular weight is 398 g/mol. The van der Waals surface area contributed by atoms with Crippen LogP contribution in [0.3, 0.4) is 0 Å². The first-order chi connectivity index (χ1) is 13.1. The van der Waals surface area contributed by atoms with Crippen molar-refractivity contribution in [3.63, 3.8) is 0 Å². The molecule has 1 atom stereocenters. The van der Waals surface area contributed by atoms with Gasteiger partial charge in [0.25, 0.3) is 0 Å². The van der Waals surface area contributed by atoms with Crippen LogP contribution >= 0.6 is 23.1 Å². The molecular weight excluding hydrogens is 378 g/mol. The Labute approximate surface area is 166 Å². The molecule has 3 aromatic rings. The Balaban J connectivity index is 1.69. The highest BCUT2D eigenvalue weighted by Crippen LogP contribution is 2.25. The standard InChI is InChI=1S/C19H19N5OS2/c1-3-24-17(9-14-7-5-4-6-8-14)22-23-19(24)27-12-16(25)15(10-20)18-21-13(2)11-26-18/h4-8,11,15H,3,9,12H2,1-2H3/t15-/m0/s1. The number of thiazole rings is 1. The fourth-order valence-corrected chi connectivity index (χ4v) is 4.43. The van der Waals surface area contributed by atoms with E-state index >= 15 is 0 Å². The number of aryl methyl sites for hydroxylation is 1. The van der Waals surface area contributed by atoms with Crippen LogP contribution in [0.2, 0.25) is 0 Å². The summed E-state index contributed by atoms with van der Waals surface area (Å²) < 4.78 is 2.01.